The zero-order chi connectivity index (χ0) is 23.8. The Morgan fingerprint density at radius 3 is 2.85 bits per heavy atom. The molecule has 0 bridgehead atoms. The molecule has 1 aromatic rings. The van der Waals surface area contributed by atoms with Crippen molar-refractivity contribution < 1.29 is 9.53 Å². The second-order valence-corrected chi connectivity index (χ2v) is 8.80. The molecule has 0 aromatic heterocycles. The molecule has 0 radical (unpaired) electrons. The fourth-order valence-electron chi connectivity index (χ4n) is 4.57. The molecular formula is C27H36N4O2. The van der Waals surface area contributed by atoms with Gasteiger partial charge in [-0.3, -0.25) is 4.79 Å². The molecule has 1 spiro atoms. The van der Waals surface area contributed by atoms with E-state index in [0.717, 1.165) is 48.6 Å². The number of likely N-dealkylation sites (tertiary alicyclic amines) is 1. The summed E-state index contributed by atoms with van der Waals surface area (Å²) in [6, 6.07) is 7.75. The number of carbonyl (C=O) groups excluding carboxylic acids is 1. The number of ether oxygens (including phenoxy) is 1. The first-order chi connectivity index (χ1) is 16.0. The van der Waals surface area contributed by atoms with E-state index in [2.05, 4.69) is 40.3 Å². The summed E-state index contributed by atoms with van der Waals surface area (Å²) in [5.74, 6) is -0.485. The van der Waals surface area contributed by atoms with Gasteiger partial charge in [-0.25, -0.2) is 0 Å². The number of amides is 1. The summed E-state index contributed by atoms with van der Waals surface area (Å²) in [7, 11) is 0. The molecule has 6 nitrogen and oxygen atoms in total. The van der Waals surface area contributed by atoms with Crippen LogP contribution < -0.4 is 10.6 Å². The SMILES string of the molecule is C=C(/C=C(\C=C/C)N1CCC2(CNC2)C1)CNC(=O)c1ccc2c(c1)C(C#N)COC2.CC. The number of fused-ring (bicyclic) bond motifs is 1. The molecule has 33 heavy (non-hydrogen) atoms. The predicted octanol–water partition coefficient (Wildman–Crippen LogP) is 3.89. The Balaban J connectivity index is 0.00000149. The van der Waals surface area contributed by atoms with E-state index in [1.165, 1.54) is 6.42 Å². The summed E-state index contributed by atoms with van der Waals surface area (Å²) >= 11 is 0. The average Bonchev–Trinajstić information content (AvgIpc) is 3.29. The van der Waals surface area contributed by atoms with E-state index in [1.807, 2.05) is 39.0 Å². The Labute approximate surface area is 198 Å². The second kappa shape index (κ2) is 11.3. The maximum Gasteiger partial charge on any atom is 0.251 e. The monoisotopic (exact) mass is 448 g/mol. The van der Waals surface area contributed by atoms with Crippen LogP contribution in [-0.4, -0.2) is 50.1 Å². The minimum atomic E-state index is -0.326. The molecule has 0 saturated carbocycles. The van der Waals surface area contributed by atoms with Gasteiger partial charge in [0.1, 0.15) is 0 Å². The molecule has 2 saturated heterocycles. The number of hydrogen-bond donors (Lipinski definition) is 2. The van der Waals surface area contributed by atoms with Crippen molar-refractivity contribution in [2.75, 3.05) is 39.3 Å². The molecular weight excluding hydrogens is 412 g/mol. The summed E-state index contributed by atoms with van der Waals surface area (Å²) in [5.41, 5.74) is 4.86. The van der Waals surface area contributed by atoms with Crippen molar-refractivity contribution in [3.05, 3.63) is 71.0 Å². The molecule has 6 heteroatoms. The normalized spacial score (nSPS) is 21.0. The maximum absolute atomic E-state index is 12.7. The van der Waals surface area contributed by atoms with Crippen LogP contribution in [0.3, 0.4) is 0 Å². The number of hydrogen-bond acceptors (Lipinski definition) is 5. The third-order valence-electron chi connectivity index (χ3n) is 6.45. The lowest BCUT2D eigenvalue weighted by atomic mass is 9.81. The zero-order valence-electron chi connectivity index (χ0n) is 20.1. The van der Waals surface area contributed by atoms with Gasteiger partial charge in [-0.1, -0.05) is 32.6 Å². The van der Waals surface area contributed by atoms with Crippen molar-refractivity contribution in [2.45, 2.75) is 39.7 Å². The third-order valence-corrected chi connectivity index (χ3v) is 6.45. The minimum absolute atomic E-state index is 0.159. The van der Waals surface area contributed by atoms with Gasteiger partial charge in [0, 0.05) is 49.4 Å². The van der Waals surface area contributed by atoms with Crippen molar-refractivity contribution in [3.63, 3.8) is 0 Å². The van der Waals surface area contributed by atoms with E-state index in [9.17, 15) is 10.1 Å². The molecule has 2 N–H and O–H groups in total. The van der Waals surface area contributed by atoms with Crippen LogP contribution >= 0.6 is 0 Å². The predicted molar refractivity (Wildman–Crippen MR) is 132 cm³/mol. The van der Waals surface area contributed by atoms with Crippen LogP contribution in [0.4, 0.5) is 0 Å². The van der Waals surface area contributed by atoms with Crippen molar-refractivity contribution in [1.82, 2.24) is 15.5 Å². The fourth-order valence-corrected chi connectivity index (χ4v) is 4.57. The number of nitrogens with zero attached hydrogens (tertiary/aromatic N) is 2. The van der Waals surface area contributed by atoms with Gasteiger partial charge in [0.25, 0.3) is 5.91 Å². The van der Waals surface area contributed by atoms with Gasteiger partial charge in [-0.15, -0.1) is 0 Å². The van der Waals surface area contributed by atoms with E-state index in [0.29, 0.717) is 30.7 Å². The van der Waals surface area contributed by atoms with E-state index in [4.69, 9.17) is 4.74 Å². The van der Waals surface area contributed by atoms with Crippen molar-refractivity contribution >= 4 is 5.91 Å². The topological polar surface area (TPSA) is 77.4 Å². The third kappa shape index (κ3) is 5.73. The maximum atomic E-state index is 12.7. The lowest BCUT2D eigenvalue weighted by Crippen LogP contribution is -2.54. The molecule has 1 atom stereocenters. The molecule has 1 unspecified atom stereocenters. The van der Waals surface area contributed by atoms with Gasteiger partial charge in [-0.05, 0) is 54.3 Å². The van der Waals surface area contributed by atoms with Crippen molar-refractivity contribution in [2.24, 2.45) is 5.41 Å². The fraction of sp³-hybridized carbons (Fsp3) is 0.481. The minimum Gasteiger partial charge on any atom is -0.375 e. The summed E-state index contributed by atoms with van der Waals surface area (Å²) in [5, 5.41) is 15.7. The van der Waals surface area contributed by atoms with E-state index >= 15 is 0 Å². The van der Waals surface area contributed by atoms with Crippen LogP contribution in [0.5, 0.6) is 0 Å². The molecule has 176 valence electrons. The Bertz CT molecular complexity index is 969. The molecule has 3 aliphatic heterocycles. The summed E-state index contributed by atoms with van der Waals surface area (Å²) in [4.78, 5) is 15.1. The van der Waals surface area contributed by atoms with Crippen LogP contribution in [0.1, 0.15) is 54.6 Å². The van der Waals surface area contributed by atoms with Gasteiger partial charge in [0.2, 0.25) is 0 Å². The smallest absolute Gasteiger partial charge is 0.251 e. The largest absolute Gasteiger partial charge is 0.375 e. The zero-order valence-corrected chi connectivity index (χ0v) is 20.1. The highest BCUT2D eigenvalue weighted by atomic mass is 16.5. The van der Waals surface area contributed by atoms with E-state index in [-0.39, 0.29) is 11.8 Å². The lowest BCUT2D eigenvalue weighted by Gasteiger charge is -2.39. The van der Waals surface area contributed by atoms with E-state index in [1.54, 1.807) is 6.07 Å². The van der Waals surface area contributed by atoms with Gasteiger partial charge in [0.05, 0.1) is 25.2 Å². The first-order valence-corrected chi connectivity index (χ1v) is 11.9. The summed E-state index contributed by atoms with van der Waals surface area (Å²) in [6.45, 7) is 15.7. The molecule has 3 aliphatic rings. The molecule has 4 rings (SSSR count). The highest BCUT2D eigenvalue weighted by Crippen LogP contribution is 2.36. The van der Waals surface area contributed by atoms with Crippen LogP contribution in [0.25, 0.3) is 0 Å². The van der Waals surface area contributed by atoms with E-state index < -0.39 is 0 Å². The van der Waals surface area contributed by atoms with Crippen LogP contribution in [-0.2, 0) is 11.3 Å². The van der Waals surface area contributed by atoms with Crippen molar-refractivity contribution in [1.29, 1.82) is 5.26 Å². The van der Waals surface area contributed by atoms with Crippen LogP contribution in [0, 0.1) is 16.7 Å². The quantitative estimate of drug-likeness (QED) is 0.646. The van der Waals surface area contributed by atoms with Gasteiger partial charge in [0.15, 0.2) is 0 Å². The number of benzene rings is 1. The Hall–Kier alpha value is -2.88. The number of allylic oxidation sites excluding steroid dienone is 2. The Kier molecular flexibility index (Phi) is 8.49. The standard InChI is InChI=1S/C25H30N4O2.C2H6/c1-3-4-22(29-8-7-25(17-29)15-27-16-25)9-18(2)12-28-24(30)19-5-6-20-13-31-14-21(11-26)23(20)10-19;1-2/h3-6,9-10,21,27H,2,7-8,12-17H2,1H3,(H,28,30);1-2H3/b4-3-,22-9+;. The van der Waals surface area contributed by atoms with Crippen LogP contribution in [0.15, 0.2) is 54.3 Å². The molecule has 1 amide bonds. The first-order valence-electron chi connectivity index (χ1n) is 11.9. The Morgan fingerprint density at radius 1 is 1.42 bits per heavy atom. The number of carbonyl (C=O) groups is 1. The highest BCUT2D eigenvalue weighted by Gasteiger charge is 2.43. The number of nitrogens with one attached hydrogen (secondary N) is 2. The first kappa shape index (κ1) is 24.8. The van der Waals surface area contributed by atoms with Gasteiger partial charge >= 0.3 is 0 Å². The summed E-state index contributed by atoms with van der Waals surface area (Å²) in [6.07, 6.45) is 7.45. The Morgan fingerprint density at radius 2 is 2.21 bits per heavy atom. The molecule has 0 aliphatic carbocycles. The molecule has 2 fully saturated rings. The van der Waals surface area contributed by atoms with Gasteiger partial charge < -0.3 is 20.3 Å². The molecule has 1 aromatic carbocycles. The molecule has 3 heterocycles. The number of rotatable bonds is 6. The van der Waals surface area contributed by atoms with Gasteiger partial charge in [-0.2, -0.15) is 5.26 Å². The highest BCUT2D eigenvalue weighted by molar-refractivity contribution is 5.94. The number of nitriles is 1. The second-order valence-electron chi connectivity index (χ2n) is 8.80. The lowest BCUT2D eigenvalue weighted by molar-refractivity contribution is 0.0952. The van der Waals surface area contributed by atoms with Crippen molar-refractivity contribution in [3.8, 4) is 6.07 Å². The van der Waals surface area contributed by atoms with Crippen LogP contribution in [0.2, 0.25) is 0 Å². The summed E-state index contributed by atoms with van der Waals surface area (Å²) < 4.78 is 5.45. The average molecular weight is 449 g/mol.